The van der Waals surface area contributed by atoms with Gasteiger partial charge in [0.15, 0.2) is 0 Å². The third-order valence-electron chi connectivity index (χ3n) is 7.92. The van der Waals surface area contributed by atoms with Crippen molar-refractivity contribution in [2.24, 2.45) is 0 Å². The number of carbonyl (C=O) groups excluding carboxylic acids is 3. The van der Waals surface area contributed by atoms with Crippen molar-refractivity contribution < 1.29 is 24.0 Å². The third kappa shape index (κ3) is 7.16. The van der Waals surface area contributed by atoms with E-state index in [0.29, 0.717) is 38.1 Å². The number of quaternary nitrogens is 1. The number of benzene rings is 2. The highest BCUT2D eigenvalue weighted by Gasteiger charge is 2.25. The normalized spacial score (nSPS) is 20.8. The molecule has 3 heterocycles. The topological polar surface area (TPSA) is 86.6 Å². The lowest BCUT2D eigenvalue weighted by atomic mass is 10.1. The summed E-state index contributed by atoms with van der Waals surface area (Å²) in [5, 5.41) is 3.05. The van der Waals surface area contributed by atoms with E-state index in [4.69, 9.17) is 4.74 Å². The minimum Gasteiger partial charge on any atom is -0.492 e. The first-order valence-corrected chi connectivity index (χ1v) is 14.2. The van der Waals surface area contributed by atoms with E-state index in [2.05, 4.69) is 29.4 Å². The molecule has 2 aromatic rings. The van der Waals surface area contributed by atoms with E-state index in [1.807, 2.05) is 41.3 Å². The highest BCUT2D eigenvalue weighted by molar-refractivity contribution is 5.97. The quantitative estimate of drug-likeness (QED) is 0.474. The zero-order chi connectivity index (χ0) is 27.2. The van der Waals surface area contributed by atoms with Gasteiger partial charge < -0.3 is 24.8 Å². The Kier molecular flexibility index (Phi) is 8.78. The maximum absolute atomic E-state index is 13.0. The molecule has 0 bridgehead atoms. The summed E-state index contributed by atoms with van der Waals surface area (Å²) in [6, 6.07) is 16.0. The molecule has 2 atom stereocenters. The number of carbonyl (C=O) groups is 3. The van der Waals surface area contributed by atoms with Gasteiger partial charge in [0, 0.05) is 68.9 Å². The predicted molar refractivity (Wildman–Crippen MR) is 149 cm³/mol. The summed E-state index contributed by atoms with van der Waals surface area (Å²) in [7, 11) is 2.16. The van der Waals surface area contributed by atoms with E-state index < -0.39 is 0 Å². The summed E-state index contributed by atoms with van der Waals surface area (Å²) in [6.45, 7) is 7.01. The fraction of sp³-hybridized carbons (Fsp3) is 0.500. The first-order valence-electron chi connectivity index (χ1n) is 14.2. The Hall–Kier alpha value is -3.43. The molecule has 39 heavy (non-hydrogen) atoms. The van der Waals surface area contributed by atoms with Crippen LogP contribution >= 0.6 is 0 Å². The van der Waals surface area contributed by atoms with Gasteiger partial charge in [-0.15, -0.1) is 0 Å². The molecule has 3 aliphatic rings. The van der Waals surface area contributed by atoms with Gasteiger partial charge in [0.25, 0.3) is 5.91 Å². The highest BCUT2D eigenvalue weighted by atomic mass is 16.5. The molecule has 0 saturated carbocycles. The lowest BCUT2D eigenvalue weighted by molar-refractivity contribution is -0.894. The molecule has 0 radical (unpaired) electrons. The van der Waals surface area contributed by atoms with Crippen LogP contribution in [0.15, 0.2) is 48.5 Å². The van der Waals surface area contributed by atoms with Gasteiger partial charge in [-0.1, -0.05) is 12.1 Å². The molecule has 9 nitrogen and oxygen atoms in total. The van der Waals surface area contributed by atoms with Gasteiger partial charge in [-0.2, -0.15) is 0 Å². The van der Waals surface area contributed by atoms with Crippen molar-refractivity contribution in [1.29, 1.82) is 0 Å². The van der Waals surface area contributed by atoms with Crippen LogP contribution in [0.5, 0.6) is 5.75 Å². The van der Waals surface area contributed by atoms with Crippen molar-refractivity contribution >= 4 is 23.4 Å². The SMILES string of the molecule is C[NH+](Cc1cccc(OCCN2CCN(C(=O)c3ccc(N4CCCC4=O)cc3)CC2)c1)CC1CCC(=O)N1. The van der Waals surface area contributed by atoms with Gasteiger partial charge in [-0.05, 0) is 49.2 Å². The average molecular weight is 535 g/mol. The first kappa shape index (κ1) is 27.1. The molecular formula is C30H40N5O4+. The predicted octanol–water partition coefficient (Wildman–Crippen LogP) is 0.944. The number of ether oxygens (including phenoxy) is 1. The van der Waals surface area contributed by atoms with Crippen LogP contribution in [0.1, 0.15) is 41.6 Å². The van der Waals surface area contributed by atoms with Crippen molar-refractivity contribution in [3.63, 3.8) is 0 Å². The molecule has 3 amide bonds. The lowest BCUT2D eigenvalue weighted by Gasteiger charge is -2.34. The zero-order valence-corrected chi connectivity index (χ0v) is 22.9. The summed E-state index contributed by atoms with van der Waals surface area (Å²) in [5.74, 6) is 1.24. The molecule has 2 N–H and O–H groups in total. The van der Waals surface area contributed by atoms with E-state index in [1.165, 1.54) is 10.5 Å². The number of anilines is 1. The minimum absolute atomic E-state index is 0.0458. The maximum atomic E-state index is 13.0. The highest BCUT2D eigenvalue weighted by Crippen LogP contribution is 2.22. The van der Waals surface area contributed by atoms with Crippen molar-refractivity contribution in [1.82, 2.24) is 15.1 Å². The van der Waals surface area contributed by atoms with Crippen molar-refractivity contribution in [3.05, 3.63) is 59.7 Å². The number of likely N-dealkylation sites (N-methyl/N-ethyl adjacent to an activating group) is 1. The molecule has 208 valence electrons. The van der Waals surface area contributed by atoms with Crippen LogP contribution in [0.4, 0.5) is 5.69 Å². The fourth-order valence-electron chi connectivity index (χ4n) is 5.77. The van der Waals surface area contributed by atoms with Crippen LogP contribution in [0.25, 0.3) is 0 Å². The number of piperazine rings is 1. The third-order valence-corrected chi connectivity index (χ3v) is 7.92. The number of nitrogens with one attached hydrogen (secondary N) is 2. The molecule has 0 aromatic heterocycles. The van der Waals surface area contributed by atoms with E-state index >= 15 is 0 Å². The van der Waals surface area contributed by atoms with Gasteiger partial charge >= 0.3 is 0 Å². The Morgan fingerprint density at radius 3 is 2.51 bits per heavy atom. The molecule has 2 unspecified atom stereocenters. The Labute approximate surface area is 230 Å². The second-order valence-corrected chi connectivity index (χ2v) is 11.0. The van der Waals surface area contributed by atoms with Gasteiger partial charge in [0.2, 0.25) is 11.8 Å². The Morgan fingerprint density at radius 2 is 1.82 bits per heavy atom. The number of nitrogens with zero attached hydrogens (tertiary/aromatic N) is 3. The van der Waals surface area contributed by atoms with E-state index in [9.17, 15) is 14.4 Å². The largest absolute Gasteiger partial charge is 0.492 e. The second kappa shape index (κ2) is 12.6. The summed E-state index contributed by atoms with van der Waals surface area (Å²) < 4.78 is 6.07. The van der Waals surface area contributed by atoms with Crippen LogP contribution in [-0.4, -0.2) is 93.0 Å². The van der Waals surface area contributed by atoms with Gasteiger partial charge in [-0.3, -0.25) is 19.3 Å². The molecular weight excluding hydrogens is 494 g/mol. The number of amides is 3. The Balaban J connectivity index is 1.02. The van der Waals surface area contributed by atoms with Crippen molar-refractivity contribution in [2.45, 2.75) is 38.3 Å². The standard InChI is InChI=1S/C30H39N5O4/c1-32(22-25-9-12-28(36)31-25)21-23-4-2-5-27(20-23)39-19-18-33-14-16-34(17-15-33)30(38)24-7-10-26(11-8-24)35-13-3-6-29(35)37/h2,4-5,7-8,10-11,20,25H,3,6,9,12-19,21-22H2,1H3,(H,31,36)/p+1. The molecule has 3 fully saturated rings. The van der Waals surface area contributed by atoms with Crippen LogP contribution in [-0.2, 0) is 16.1 Å². The smallest absolute Gasteiger partial charge is 0.253 e. The minimum atomic E-state index is 0.0458. The molecule has 9 heteroatoms. The van der Waals surface area contributed by atoms with Crippen LogP contribution < -0.4 is 19.9 Å². The monoisotopic (exact) mass is 534 g/mol. The van der Waals surface area contributed by atoms with Crippen LogP contribution in [0, 0.1) is 0 Å². The summed E-state index contributed by atoms with van der Waals surface area (Å²) in [6.07, 6.45) is 3.06. The zero-order valence-electron chi connectivity index (χ0n) is 22.9. The Morgan fingerprint density at radius 1 is 1.03 bits per heavy atom. The van der Waals surface area contributed by atoms with Crippen LogP contribution in [0.2, 0.25) is 0 Å². The number of hydrogen-bond acceptors (Lipinski definition) is 5. The molecule has 5 rings (SSSR count). The summed E-state index contributed by atoms with van der Waals surface area (Å²) >= 11 is 0. The number of hydrogen-bond donors (Lipinski definition) is 2. The van der Waals surface area contributed by atoms with Crippen molar-refractivity contribution in [2.75, 3.05) is 64.4 Å². The number of rotatable bonds is 10. The van der Waals surface area contributed by atoms with E-state index in [-0.39, 0.29) is 23.8 Å². The van der Waals surface area contributed by atoms with Gasteiger partial charge in [0.1, 0.15) is 18.9 Å². The molecule has 3 aliphatic heterocycles. The van der Waals surface area contributed by atoms with E-state index in [0.717, 1.165) is 63.5 Å². The van der Waals surface area contributed by atoms with E-state index in [1.54, 1.807) is 4.90 Å². The van der Waals surface area contributed by atoms with Gasteiger partial charge in [0.05, 0.1) is 19.6 Å². The van der Waals surface area contributed by atoms with Crippen molar-refractivity contribution in [3.8, 4) is 5.75 Å². The molecule has 0 aliphatic carbocycles. The Bertz CT molecular complexity index is 1160. The summed E-state index contributed by atoms with van der Waals surface area (Å²) in [4.78, 5) is 43.8. The summed E-state index contributed by atoms with van der Waals surface area (Å²) in [5.41, 5.74) is 2.76. The fourth-order valence-corrected chi connectivity index (χ4v) is 5.77. The lowest BCUT2D eigenvalue weighted by Crippen LogP contribution is -3.09. The van der Waals surface area contributed by atoms with Crippen LogP contribution in [0.3, 0.4) is 0 Å². The molecule has 0 spiro atoms. The first-order chi connectivity index (χ1) is 18.9. The second-order valence-electron chi connectivity index (χ2n) is 11.0. The molecule has 3 saturated heterocycles. The molecule has 2 aromatic carbocycles. The maximum Gasteiger partial charge on any atom is 0.253 e. The van der Waals surface area contributed by atoms with Gasteiger partial charge in [-0.25, -0.2) is 0 Å². The average Bonchev–Trinajstić information content (AvgIpc) is 3.56.